The third-order valence-corrected chi connectivity index (χ3v) is 4.18. The van der Waals surface area contributed by atoms with Crippen LogP contribution in [0.1, 0.15) is 27.2 Å². The number of hydrogen-bond donors (Lipinski definition) is 2. The summed E-state index contributed by atoms with van der Waals surface area (Å²) >= 11 is 0. The van der Waals surface area contributed by atoms with Crippen LogP contribution in [0.3, 0.4) is 0 Å². The van der Waals surface area contributed by atoms with Crippen LogP contribution in [0.2, 0.25) is 0 Å². The van der Waals surface area contributed by atoms with Crippen molar-refractivity contribution in [3.63, 3.8) is 0 Å². The maximum Gasteiger partial charge on any atom is 0.289 e. The molecular formula is C13H20N2O5S. The van der Waals surface area contributed by atoms with E-state index in [9.17, 15) is 23.6 Å². The van der Waals surface area contributed by atoms with E-state index in [0.717, 1.165) is 12.1 Å². The Morgan fingerprint density at radius 1 is 1.33 bits per heavy atom. The summed E-state index contributed by atoms with van der Waals surface area (Å²) in [4.78, 5) is 9.70. The Bertz CT molecular complexity index is 607. The van der Waals surface area contributed by atoms with Gasteiger partial charge in [-0.15, -0.1) is 0 Å². The number of nitrogens with zero attached hydrogens (tertiary/aromatic N) is 1. The summed E-state index contributed by atoms with van der Waals surface area (Å²) in [6.45, 7) is 5.58. The summed E-state index contributed by atoms with van der Waals surface area (Å²) in [6.07, 6.45) is -0.450. The van der Waals surface area contributed by atoms with E-state index in [2.05, 4.69) is 4.72 Å². The molecule has 2 N–H and O–H groups in total. The molecule has 0 fully saturated rings. The van der Waals surface area contributed by atoms with E-state index >= 15 is 0 Å². The maximum atomic E-state index is 12.1. The second-order valence-electron chi connectivity index (χ2n) is 6.00. The minimum absolute atomic E-state index is 0.149. The monoisotopic (exact) mass is 316 g/mol. The molecule has 0 radical (unpaired) electrons. The van der Waals surface area contributed by atoms with Gasteiger partial charge >= 0.3 is 0 Å². The molecule has 21 heavy (non-hydrogen) atoms. The van der Waals surface area contributed by atoms with Gasteiger partial charge in [0.25, 0.3) is 5.69 Å². The zero-order chi connectivity index (χ0) is 16.3. The molecule has 0 amide bonds. The Kier molecular flexibility index (Phi) is 5.43. The van der Waals surface area contributed by atoms with E-state index in [-0.39, 0.29) is 12.0 Å². The van der Waals surface area contributed by atoms with Gasteiger partial charge in [-0.1, -0.05) is 32.9 Å². The van der Waals surface area contributed by atoms with Crippen molar-refractivity contribution < 1.29 is 18.4 Å². The molecule has 0 saturated heterocycles. The van der Waals surface area contributed by atoms with Gasteiger partial charge in [-0.25, -0.2) is 13.1 Å². The quantitative estimate of drug-likeness (QED) is 0.613. The lowest BCUT2D eigenvalue weighted by Crippen LogP contribution is -2.34. The Labute approximate surface area is 124 Å². The molecule has 1 rings (SSSR count). The first kappa shape index (κ1) is 17.5. The molecule has 0 aliphatic carbocycles. The fourth-order valence-electron chi connectivity index (χ4n) is 1.90. The molecule has 0 spiro atoms. The lowest BCUT2D eigenvalue weighted by molar-refractivity contribution is -0.387. The summed E-state index contributed by atoms with van der Waals surface area (Å²) in [5, 5.41) is 20.7. The van der Waals surface area contributed by atoms with E-state index in [1.54, 1.807) is 0 Å². The van der Waals surface area contributed by atoms with Crippen molar-refractivity contribution in [3.05, 3.63) is 34.4 Å². The smallest absolute Gasteiger partial charge is 0.289 e. The number of benzene rings is 1. The second kappa shape index (κ2) is 6.50. The Morgan fingerprint density at radius 3 is 2.43 bits per heavy atom. The van der Waals surface area contributed by atoms with Crippen molar-refractivity contribution in [2.45, 2.75) is 38.2 Å². The standard InChI is InChI=1S/C13H20N2O5S/c1-13(2,3)8-10(16)9-14-21(19,20)12-7-5-4-6-11(12)15(17)18/h4-7,10,14,16H,8-9H2,1-3H3. The highest BCUT2D eigenvalue weighted by atomic mass is 32.2. The van der Waals surface area contributed by atoms with Gasteiger partial charge < -0.3 is 5.11 Å². The van der Waals surface area contributed by atoms with E-state index in [1.165, 1.54) is 12.1 Å². The fourth-order valence-corrected chi connectivity index (χ4v) is 3.14. The van der Waals surface area contributed by atoms with Crippen LogP contribution in [0.15, 0.2) is 29.2 Å². The van der Waals surface area contributed by atoms with Crippen molar-refractivity contribution in [1.29, 1.82) is 0 Å². The van der Waals surface area contributed by atoms with E-state index in [4.69, 9.17) is 0 Å². The van der Waals surface area contributed by atoms with Crippen LogP contribution in [0, 0.1) is 15.5 Å². The number of rotatable bonds is 6. The molecule has 0 heterocycles. The summed E-state index contributed by atoms with van der Waals surface area (Å²) in [7, 11) is -4.04. The predicted octanol–water partition coefficient (Wildman–Crippen LogP) is 1.67. The molecule has 0 aliphatic heterocycles. The molecule has 7 nitrogen and oxygen atoms in total. The summed E-state index contributed by atoms with van der Waals surface area (Å²) < 4.78 is 26.4. The minimum atomic E-state index is -4.04. The van der Waals surface area contributed by atoms with Crippen LogP contribution in [0.25, 0.3) is 0 Å². The molecule has 1 aromatic carbocycles. The summed E-state index contributed by atoms with van der Waals surface area (Å²) in [6, 6.07) is 5.09. The number of para-hydroxylation sites is 1. The fraction of sp³-hybridized carbons (Fsp3) is 0.538. The van der Waals surface area contributed by atoms with Crippen LogP contribution in [-0.2, 0) is 10.0 Å². The van der Waals surface area contributed by atoms with Gasteiger partial charge in [0.15, 0.2) is 4.90 Å². The molecule has 0 saturated carbocycles. The van der Waals surface area contributed by atoms with Gasteiger partial charge in [0, 0.05) is 12.6 Å². The van der Waals surface area contributed by atoms with Crippen molar-refractivity contribution in [3.8, 4) is 0 Å². The Balaban J connectivity index is 2.86. The SMILES string of the molecule is CC(C)(C)CC(O)CNS(=O)(=O)c1ccccc1[N+](=O)[O-]. The largest absolute Gasteiger partial charge is 0.392 e. The zero-order valence-corrected chi connectivity index (χ0v) is 13.1. The first-order chi connectivity index (χ1) is 9.53. The first-order valence-electron chi connectivity index (χ1n) is 6.44. The van der Waals surface area contributed by atoms with Crippen LogP contribution in [-0.4, -0.2) is 31.1 Å². The molecule has 0 bridgehead atoms. The number of nitro groups is 1. The van der Waals surface area contributed by atoms with Crippen LogP contribution in [0.4, 0.5) is 5.69 Å². The lowest BCUT2D eigenvalue weighted by atomic mass is 9.89. The predicted molar refractivity (Wildman–Crippen MR) is 78.4 cm³/mol. The molecule has 0 aliphatic rings. The van der Waals surface area contributed by atoms with Crippen molar-refractivity contribution in [2.75, 3.05) is 6.54 Å². The normalized spacial score (nSPS) is 13.9. The number of nitrogens with one attached hydrogen (secondary N) is 1. The van der Waals surface area contributed by atoms with Crippen molar-refractivity contribution >= 4 is 15.7 Å². The molecule has 0 aromatic heterocycles. The number of nitro benzene ring substituents is 1. The molecule has 8 heteroatoms. The summed E-state index contributed by atoms with van der Waals surface area (Å²) in [5.41, 5.74) is -0.640. The lowest BCUT2D eigenvalue weighted by Gasteiger charge is -2.22. The van der Waals surface area contributed by atoms with Crippen LogP contribution < -0.4 is 4.72 Å². The third kappa shape index (κ3) is 5.41. The van der Waals surface area contributed by atoms with Crippen molar-refractivity contribution in [1.82, 2.24) is 4.72 Å². The van der Waals surface area contributed by atoms with E-state index in [0.29, 0.717) is 6.42 Å². The highest BCUT2D eigenvalue weighted by molar-refractivity contribution is 7.89. The number of aliphatic hydroxyl groups excluding tert-OH is 1. The highest BCUT2D eigenvalue weighted by Crippen LogP contribution is 2.23. The van der Waals surface area contributed by atoms with Gasteiger partial charge in [-0.3, -0.25) is 10.1 Å². The van der Waals surface area contributed by atoms with Gasteiger partial charge in [0.2, 0.25) is 10.0 Å². The van der Waals surface area contributed by atoms with E-state index in [1.807, 2.05) is 20.8 Å². The van der Waals surface area contributed by atoms with Crippen LogP contribution in [0.5, 0.6) is 0 Å². The second-order valence-corrected chi connectivity index (χ2v) is 7.73. The van der Waals surface area contributed by atoms with Gasteiger partial charge in [0.05, 0.1) is 11.0 Å². The Hall–Kier alpha value is -1.51. The average molecular weight is 316 g/mol. The number of sulfonamides is 1. The third-order valence-electron chi connectivity index (χ3n) is 2.71. The minimum Gasteiger partial charge on any atom is -0.392 e. The molecular weight excluding hydrogens is 296 g/mol. The number of aliphatic hydroxyl groups is 1. The van der Waals surface area contributed by atoms with Gasteiger partial charge in [-0.05, 0) is 17.9 Å². The van der Waals surface area contributed by atoms with Gasteiger partial charge in [0.1, 0.15) is 0 Å². The molecule has 1 unspecified atom stereocenters. The Morgan fingerprint density at radius 2 is 1.90 bits per heavy atom. The first-order valence-corrected chi connectivity index (χ1v) is 7.92. The van der Waals surface area contributed by atoms with E-state index < -0.39 is 31.6 Å². The maximum absolute atomic E-state index is 12.1. The summed E-state index contributed by atoms with van der Waals surface area (Å²) in [5.74, 6) is 0. The van der Waals surface area contributed by atoms with Gasteiger partial charge in [-0.2, -0.15) is 0 Å². The number of hydrogen-bond acceptors (Lipinski definition) is 5. The topological polar surface area (TPSA) is 110 Å². The van der Waals surface area contributed by atoms with Crippen molar-refractivity contribution in [2.24, 2.45) is 5.41 Å². The molecule has 1 aromatic rings. The molecule has 118 valence electrons. The average Bonchev–Trinajstić information content (AvgIpc) is 2.34. The molecule has 1 atom stereocenters. The zero-order valence-electron chi connectivity index (χ0n) is 12.2. The highest BCUT2D eigenvalue weighted by Gasteiger charge is 2.26. The van der Waals surface area contributed by atoms with Crippen LogP contribution >= 0.6 is 0 Å².